The van der Waals surface area contributed by atoms with Crippen molar-refractivity contribution in [2.45, 2.75) is 19.4 Å². The van der Waals surface area contributed by atoms with Crippen LogP contribution in [0, 0.1) is 0 Å². The Balaban J connectivity index is 1.68. The number of benzene rings is 3. The number of hydrogen-bond acceptors (Lipinski definition) is 2. The van der Waals surface area contributed by atoms with Crippen LogP contribution < -0.4 is 5.46 Å². The van der Waals surface area contributed by atoms with E-state index in [-0.39, 0.29) is 7.12 Å². The summed E-state index contributed by atoms with van der Waals surface area (Å²) in [6.45, 7) is 7.88. The maximum absolute atomic E-state index is 5.94. The van der Waals surface area contributed by atoms with E-state index < -0.39 is 5.60 Å². The Morgan fingerprint density at radius 3 is 2.29 bits per heavy atom. The van der Waals surface area contributed by atoms with E-state index in [9.17, 15) is 0 Å². The Hall–Kier alpha value is -2.52. The van der Waals surface area contributed by atoms with Crippen LogP contribution >= 0.6 is 0 Å². The third-order valence-corrected chi connectivity index (χ3v) is 4.61. The molecule has 0 radical (unpaired) electrons. The van der Waals surface area contributed by atoms with Gasteiger partial charge >= 0.3 is 7.12 Å². The van der Waals surface area contributed by atoms with Crippen LogP contribution in [0.5, 0.6) is 0 Å². The lowest BCUT2D eigenvalue weighted by Gasteiger charge is -2.15. The van der Waals surface area contributed by atoms with Crippen molar-refractivity contribution in [1.29, 1.82) is 0 Å². The van der Waals surface area contributed by atoms with E-state index >= 15 is 0 Å². The summed E-state index contributed by atoms with van der Waals surface area (Å²) in [5.74, 6) is 0.672. The predicted molar refractivity (Wildman–Crippen MR) is 100 cm³/mol. The lowest BCUT2D eigenvalue weighted by molar-refractivity contribution is 0.173. The molecule has 3 aromatic rings. The first kappa shape index (κ1) is 15.0. The van der Waals surface area contributed by atoms with Crippen molar-refractivity contribution in [1.82, 2.24) is 0 Å². The zero-order chi connectivity index (χ0) is 16.7. The average Bonchev–Trinajstić information content (AvgIpc) is 2.88. The van der Waals surface area contributed by atoms with Crippen molar-refractivity contribution < 1.29 is 9.31 Å². The van der Waals surface area contributed by atoms with Gasteiger partial charge in [-0.3, -0.25) is 0 Å². The van der Waals surface area contributed by atoms with Gasteiger partial charge in [0.2, 0.25) is 0 Å². The fourth-order valence-corrected chi connectivity index (χ4v) is 3.06. The lowest BCUT2D eigenvalue weighted by atomic mass is 9.78. The highest BCUT2D eigenvalue weighted by molar-refractivity contribution is 6.62. The van der Waals surface area contributed by atoms with Crippen LogP contribution in [-0.4, -0.2) is 12.7 Å². The van der Waals surface area contributed by atoms with E-state index in [1.54, 1.807) is 0 Å². The van der Waals surface area contributed by atoms with Crippen LogP contribution in [-0.2, 0) is 9.31 Å². The van der Waals surface area contributed by atoms with Gasteiger partial charge in [0.1, 0.15) is 5.60 Å². The van der Waals surface area contributed by atoms with Gasteiger partial charge in [0.25, 0.3) is 0 Å². The maximum Gasteiger partial charge on any atom is 0.563 e. The minimum Gasteiger partial charge on any atom is -0.534 e. The first-order valence-electron chi connectivity index (χ1n) is 8.16. The quantitative estimate of drug-likeness (QED) is 0.647. The number of rotatable bonds is 2. The van der Waals surface area contributed by atoms with Crippen molar-refractivity contribution in [2.24, 2.45) is 0 Å². The van der Waals surface area contributed by atoms with Gasteiger partial charge in [-0.05, 0) is 41.2 Å². The zero-order valence-electron chi connectivity index (χ0n) is 14.0. The van der Waals surface area contributed by atoms with Crippen LogP contribution in [0.15, 0.2) is 79.1 Å². The predicted octanol–water partition coefficient (Wildman–Crippen LogP) is 4.54. The molecule has 0 amide bonds. The van der Waals surface area contributed by atoms with Crippen molar-refractivity contribution in [2.75, 3.05) is 0 Å². The Morgan fingerprint density at radius 1 is 0.875 bits per heavy atom. The molecule has 0 spiro atoms. The Morgan fingerprint density at radius 2 is 1.58 bits per heavy atom. The van der Waals surface area contributed by atoms with Crippen LogP contribution in [0.4, 0.5) is 0 Å². The minimum absolute atomic E-state index is 0.380. The van der Waals surface area contributed by atoms with Gasteiger partial charge in [0.05, 0.1) is 5.76 Å². The van der Waals surface area contributed by atoms with E-state index in [2.05, 4.69) is 73.3 Å². The Bertz CT molecular complexity index is 907. The molecule has 0 aromatic heterocycles. The molecule has 0 atom stereocenters. The van der Waals surface area contributed by atoms with Crippen LogP contribution in [0.25, 0.3) is 21.9 Å². The van der Waals surface area contributed by atoms with Gasteiger partial charge in [0.15, 0.2) is 0 Å². The molecular formula is C21H19BO2. The van der Waals surface area contributed by atoms with Crippen LogP contribution in [0.2, 0.25) is 0 Å². The minimum atomic E-state index is -0.445. The number of fused-ring (bicyclic) bond motifs is 1. The van der Waals surface area contributed by atoms with Gasteiger partial charge in [-0.15, -0.1) is 0 Å². The molecule has 1 aliphatic heterocycles. The normalized spacial score (nSPS) is 16.4. The fraction of sp³-hybridized carbons (Fsp3) is 0.143. The summed E-state index contributed by atoms with van der Waals surface area (Å²) < 4.78 is 11.7. The zero-order valence-corrected chi connectivity index (χ0v) is 14.0. The third-order valence-electron chi connectivity index (χ3n) is 4.61. The molecule has 0 saturated carbocycles. The molecule has 3 heteroatoms. The molecule has 4 rings (SSSR count). The second-order valence-corrected chi connectivity index (χ2v) is 6.65. The lowest BCUT2D eigenvalue weighted by Crippen LogP contribution is -2.34. The van der Waals surface area contributed by atoms with Gasteiger partial charge in [-0.2, -0.15) is 0 Å². The average molecular weight is 314 g/mol. The molecule has 2 nitrogen and oxygen atoms in total. The van der Waals surface area contributed by atoms with Gasteiger partial charge in [0, 0.05) is 0 Å². The molecule has 1 saturated heterocycles. The molecule has 118 valence electrons. The highest BCUT2D eigenvalue weighted by atomic mass is 16.7. The molecular weight excluding hydrogens is 295 g/mol. The second-order valence-electron chi connectivity index (χ2n) is 6.65. The fourth-order valence-electron chi connectivity index (χ4n) is 3.06. The standard InChI is InChI=1S/C21H19BO2/c1-15-21(2,3)24-22(23-15)18-13-11-17(12-14-18)20-10-6-8-16-7-4-5-9-19(16)20/h4-14H,1H2,2-3H3. The molecule has 24 heavy (non-hydrogen) atoms. The number of hydrogen-bond donors (Lipinski definition) is 0. The monoisotopic (exact) mass is 314 g/mol. The van der Waals surface area contributed by atoms with E-state index in [0.717, 1.165) is 5.46 Å². The molecule has 0 N–H and O–H groups in total. The summed E-state index contributed by atoms with van der Waals surface area (Å²) in [6.07, 6.45) is 0. The van der Waals surface area contributed by atoms with E-state index in [4.69, 9.17) is 9.31 Å². The summed E-state index contributed by atoms with van der Waals surface area (Å²) in [6, 6.07) is 23.2. The molecule has 1 aliphatic rings. The smallest absolute Gasteiger partial charge is 0.534 e. The van der Waals surface area contributed by atoms with E-state index in [0.29, 0.717) is 5.76 Å². The van der Waals surface area contributed by atoms with E-state index in [1.807, 2.05) is 13.8 Å². The summed E-state index contributed by atoms with van der Waals surface area (Å²) >= 11 is 0. The van der Waals surface area contributed by atoms with Gasteiger partial charge in [-0.1, -0.05) is 73.3 Å². The molecule has 1 heterocycles. The molecule has 1 fully saturated rings. The molecule has 0 unspecified atom stereocenters. The first-order chi connectivity index (χ1) is 11.5. The van der Waals surface area contributed by atoms with Crippen molar-refractivity contribution in [3.05, 3.63) is 79.1 Å². The SMILES string of the molecule is C=C1OB(c2ccc(-c3cccc4ccccc34)cc2)OC1(C)C. The van der Waals surface area contributed by atoms with Crippen molar-refractivity contribution in [3.8, 4) is 11.1 Å². The summed E-state index contributed by atoms with van der Waals surface area (Å²) in [5, 5.41) is 2.51. The third kappa shape index (κ3) is 2.51. The van der Waals surface area contributed by atoms with Crippen molar-refractivity contribution >= 4 is 23.4 Å². The molecule has 0 aliphatic carbocycles. The van der Waals surface area contributed by atoms with E-state index in [1.165, 1.54) is 21.9 Å². The highest BCUT2D eigenvalue weighted by Gasteiger charge is 2.42. The summed E-state index contributed by atoms with van der Waals surface area (Å²) in [7, 11) is -0.380. The Kier molecular flexibility index (Phi) is 3.47. The topological polar surface area (TPSA) is 18.5 Å². The molecule has 0 bridgehead atoms. The summed E-state index contributed by atoms with van der Waals surface area (Å²) in [4.78, 5) is 0. The largest absolute Gasteiger partial charge is 0.563 e. The van der Waals surface area contributed by atoms with Crippen molar-refractivity contribution in [3.63, 3.8) is 0 Å². The van der Waals surface area contributed by atoms with Gasteiger partial charge < -0.3 is 9.31 Å². The van der Waals surface area contributed by atoms with Gasteiger partial charge in [-0.25, -0.2) is 0 Å². The maximum atomic E-state index is 5.94. The first-order valence-corrected chi connectivity index (χ1v) is 8.16. The molecule has 3 aromatic carbocycles. The Labute approximate surface area is 142 Å². The summed E-state index contributed by atoms with van der Waals surface area (Å²) in [5.41, 5.74) is 2.98. The van der Waals surface area contributed by atoms with Crippen LogP contribution in [0.3, 0.4) is 0 Å². The van der Waals surface area contributed by atoms with Crippen LogP contribution in [0.1, 0.15) is 13.8 Å². The second kappa shape index (κ2) is 5.54. The highest BCUT2D eigenvalue weighted by Crippen LogP contribution is 2.30.